The van der Waals surface area contributed by atoms with Gasteiger partial charge >= 0.3 is 0 Å². The number of nitrogens with zero attached hydrogens (tertiary/aromatic N) is 1. The van der Waals surface area contributed by atoms with E-state index in [0.29, 0.717) is 30.8 Å². The van der Waals surface area contributed by atoms with Crippen molar-refractivity contribution in [1.82, 2.24) is 10.6 Å². The quantitative estimate of drug-likeness (QED) is 0.419. The molecule has 2 N–H and O–H groups in total. The van der Waals surface area contributed by atoms with Crippen LogP contribution in [-0.2, 0) is 9.84 Å². The predicted octanol–water partition coefficient (Wildman–Crippen LogP) is -0.248. The van der Waals surface area contributed by atoms with Crippen molar-refractivity contribution in [3.05, 3.63) is 0 Å². The fourth-order valence-corrected chi connectivity index (χ4v) is 3.79. The van der Waals surface area contributed by atoms with Gasteiger partial charge in [-0.3, -0.25) is 4.99 Å². The highest BCUT2D eigenvalue weighted by Crippen LogP contribution is 2.20. The molecule has 1 saturated carbocycles. The van der Waals surface area contributed by atoms with Gasteiger partial charge in [0.05, 0.1) is 18.1 Å². The van der Waals surface area contributed by atoms with Crippen molar-refractivity contribution in [2.75, 3.05) is 24.6 Å². The molecule has 0 amide bonds. The highest BCUT2D eigenvalue weighted by Gasteiger charge is 2.28. The average Bonchev–Trinajstić information content (AvgIpc) is 3.06. The third-order valence-corrected chi connectivity index (χ3v) is 4.95. The van der Waals surface area contributed by atoms with Crippen molar-refractivity contribution < 1.29 is 8.42 Å². The Morgan fingerprint density at radius 2 is 2.17 bits per heavy atom. The molecule has 1 saturated heterocycles. The van der Waals surface area contributed by atoms with Crippen LogP contribution in [-0.4, -0.2) is 45.0 Å². The molecule has 0 radical (unpaired) electrons. The molecule has 0 bridgehead atoms. The molecule has 2 rings (SSSR count). The fourth-order valence-electron chi connectivity index (χ4n) is 1.94. The van der Waals surface area contributed by atoms with E-state index < -0.39 is 9.84 Å². The van der Waals surface area contributed by atoms with E-state index in [1.807, 2.05) is 0 Å². The number of hydrogen-bond donors (Lipinski definition) is 2. The summed E-state index contributed by atoms with van der Waals surface area (Å²) >= 11 is 0. The molecular weight excluding hydrogens is 250 g/mol. The van der Waals surface area contributed by atoms with Crippen LogP contribution >= 0.6 is 0 Å². The summed E-state index contributed by atoms with van der Waals surface area (Å²) in [6.45, 7) is 0.980. The largest absolute Gasteiger partial charge is 0.354 e. The number of hydrogen-bond acceptors (Lipinski definition) is 3. The van der Waals surface area contributed by atoms with Crippen molar-refractivity contribution in [2.24, 2.45) is 10.9 Å². The van der Waals surface area contributed by atoms with Crippen LogP contribution in [0.3, 0.4) is 0 Å². The van der Waals surface area contributed by atoms with Gasteiger partial charge in [0.1, 0.15) is 0 Å². The molecule has 1 unspecified atom stereocenters. The summed E-state index contributed by atoms with van der Waals surface area (Å²) in [7, 11) is -2.81. The number of sulfone groups is 1. The number of terminal acetylenes is 1. The summed E-state index contributed by atoms with van der Waals surface area (Å²) < 4.78 is 22.7. The zero-order valence-corrected chi connectivity index (χ0v) is 11.2. The molecule has 1 heterocycles. The van der Waals surface area contributed by atoms with Crippen LogP contribution in [0.15, 0.2) is 4.99 Å². The SMILES string of the molecule is C#CCNC(=NCC1CCS(=O)(=O)C1)NC1CC1. The summed E-state index contributed by atoms with van der Waals surface area (Å²) in [4.78, 5) is 4.42. The minimum Gasteiger partial charge on any atom is -0.354 e. The number of aliphatic imine (C=N–C) groups is 1. The van der Waals surface area contributed by atoms with E-state index in [1.54, 1.807) is 0 Å². The topological polar surface area (TPSA) is 70.6 Å². The van der Waals surface area contributed by atoms with Crippen molar-refractivity contribution in [2.45, 2.75) is 25.3 Å². The summed E-state index contributed by atoms with van der Waals surface area (Å²) in [6.07, 6.45) is 8.24. The predicted molar refractivity (Wildman–Crippen MR) is 72.1 cm³/mol. The third-order valence-electron chi connectivity index (χ3n) is 3.11. The van der Waals surface area contributed by atoms with Crippen LogP contribution in [0.4, 0.5) is 0 Å². The molecular formula is C12H19N3O2S. The van der Waals surface area contributed by atoms with Crippen LogP contribution in [0.5, 0.6) is 0 Å². The maximum Gasteiger partial charge on any atom is 0.192 e. The highest BCUT2D eigenvalue weighted by atomic mass is 32.2. The van der Waals surface area contributed by atoms with Crippen molar-refractivity contribution >= 4 is 15.8 Å². The lowest BCUT2D eigenvalue weighted by Gasteiger charge is -2.11. The second-order valence-electron chi connectivity index (χ2n) is 4.93. The number of guanidine groups is 1. The normalized spacial score (nSPS) is 26.6. The second kappa shape index (κ2) is 5.61. The van der Waals surface area contributed by atoms with Gasteiger partial charge in [0.2, 0.25) is 0 Å². The molecule has 18 heavy (non-hydrogen) atoms. The smallest absolute Gasteiger partial charge is 0.192 e. The molecule has 5 nitrogen and oxygen atoms in total. The Morgan fingerprint density at radius 1 is 1.39 bits per heavy atom. The van der Waals surface area contributed by atoms with Crippen LogP contribution in [0.25, 0.3) is 0 Å². The van der Waals surface area contributed by atoms with E-state index in [-0.39, 0.29) is 11.7 Å². The van der Waals surface area contributed by atoms with Crippen LogP contribution in [0.2, 0.25) is 0 Å². The molecule has 0 aromatic rings. The molecule has 2 aliphatic rings. The molecule has 0 spiro atoms. The fraction of sp³-hybridized carbons (Fsp3) is 0.750. The lowest BCUT2D eigenvalue weighted by Crippen LogP contribution is -2.39. The Morgan fingerprint density at radius 3 is 2.72 bits per heavy atom. The Balaban J connectivity index is 1.85. The molecule has 1 atom stereocenters. The van der Waals surface area contributed by atoms with Gasteiger partial charge in [-0.2, -0.15) is 0 Å². The van der Waals surface area contributed by atoms with E-state index in [0.717, 1.165) is 19.3 Å². The second-order valence-corrected chi connectivity index (χ2v) is 7.16. The first-order valence-electron chi connectivity index (χ1n) is 6.28. The lowest BCUT2D eigenvalue weighted by atomic mass is 10.1. The van der Waals surface area contributed by atoms with Gasteiger partial charge in [-0.1, -0.05) is 5.92 Å². The summed E-state index contributed by atoms with van der Waals surface area (Å²) in [5.41, 5.74) is 0. The van der Waals surface area contributed by atoms with E-state index >= 15 is 0 Å². The molecule has 1 aliphatic heterocycles. The standard InChI is InChI=1S/C12H19N3O2S/c1-2-6-13-12(15-11-3-4-11)14-8-10-5-7-18(16,17)9-10/h1,10-11H,3-9H2,(H2,13,14,15). The third kappa shape index (κ3) is 4.22. The Kier molecular flexibility index (Phi) is 4.12. The van der Waals surface area contributed by atoms with Crippen LogP contribution < -0.4 is 10.6 Å². The van der Waals surface area contributed by atoms with Crippen LogP contribution in [0, 0.1) is 18.3 Å². The highest BCUT2D eigenvalue weighted by molar-refractivity contribution is 7.91. The first-order valence-corrected chi connectivity index (χ1v) is 8.10. The zero-order valence-electron chi connectivity index (χ0n) is 10.4. The van der Waals surface area contributed by atoms with E-state index in [4.69, 9.17) is 6.42 Å². The van der Waals surface area contributed by atoms with Gasteiger partial charge in [0.25, 0.3) is 0 Å². The molecule has 100 valence electrons. The number of nitrogens with one attached hydrogen (secondary N) is 2. The summed E-state index contributed by atoms with van der Waals surface area (Å²) in [6, 6.07) is 0.501. The maximum atomic E-state index is 11.3. The van der Waals surface area contributed by atoms with Crippen molar-refractivity contribution in [1.29, 1.82) is 0 Å². The van der Waals surface area contributed by atoms with Gasteiger partial charge < -0.3 is 10.6 Å². The van der Waals surface area contributed by atoms with Crippen molar-refractivity contribution in [3.63, 3.8) is 0 Å². The molecule has 2 fully saturated rings. The molecule has 6 heteroatoms. The Hall–Kier alpha value is -1.22. The van der Waals surface area contributed by atoms with E-state index in [9.17, 15) is 8.42 Å². The summed E-state index contributed by atoms with van der Waals surface area (Å²) in [5, 5.41) is 6.30. The first kappa shape index (κ1) is 13.2. The Bertz CT molecular complexity index is 460. The lowest BCUT2D eigenvalue weighted by molar-refractivity contribution is 0.589. The van der Waals surface area contributed by atoms with E-state index in [1.165, 1.54) is 0 Å². The average molecular weight is 269 g/mol. The van der Waals surface area contributed by atoms with Gasteiger partial charge in [-0.25, -0.2) is 8.42 Å². The molecule has 0 aromatic heterocycles. The molecule has 1 aliphatic carbocycles. The van der Waals surface area contributed by atoms with E-state index in [2.05, 4.69) is 21.5 Å². The number of rotatable bonds is 4. The van der Waals surface area contributed by atoms with Gasteiger partial charge in [-0.05, 0) is 25.2 Å². The van der Waals surface area contributed by atoms with Gasteiger partial charge in [0.15, 0.2) is 15.8 Å². The van der Waals surface area contributed by atoms with Gasteiger partial charge in [0, 0.05) is 12.6 Å². The first-order chi connectivity index (χ1) is 8.59. The maximum absolute atomic E-state index is 11.3. The minimum absolute atomic E-state index is 0.152. The minimum atomic E-state index is -2.81. The zero-order chi connectivity index (χ0) is 13.0. The Labute approximate surface area is 108 Å². The van der Waals surface area contributed by atoms with Crippen LogP contribution in [0.1, 0.15) is 19.3 Å². The monoisotopic (exact) mass is 269 g/mol. The van der Waals surface area contributed by atoms with Gasteiger partial charge in [-0.15, -0.1) is 6.42 Å². The summed E-state index contributed by atoms with van der Waals surface area (Å²) in [5.74, 6) is 3.93. The molecule has 0 aromatic carbocycles. The van der Waals surface area contributed by atoms with Crippen molar-refractivity contribution in [3.8, 4) is 12.3 Å².